The topological polar surface area (TPSA) is 49.3 Å². The van der Waals surface area contributed by atoms with Crippen molar-refractivity contribution in [3.8, 4) is 0 Å². The Kier molecular flexibility index (Phi) is 3.80. The molecule has 1 aromatic rings. The summed E-state index contributed by atoms with van der Waals surface area (Å²) in [6.07, 6.45) is -3.98. The van der Waals surface area contributed by atoms with Crippen LogP contribution in [-0.2, 0) is 11.0 Å². The van der Waals surface area contributed by atoms with E-state index in [2.05, 4.69) is 5.32 Å². The van der Waals surface area contributed by atoms with Crippen LogP contribution in [-0.4, -0.2) is 24.2 Å². The van der Waals surface area contributed by atoms with Crippen molar-refractivity contribution in [1.82, 2.24) is 5.32 Å². The number of aliphatic hydroxyl groups is 1. The molecule has 1 fully saturated rings. The van der Waals surface area contributed by atoms with Crippen molar-refractivity contribution in [2.75, 3.05) is 13.2 Å². The zero-order chi connectivity index (χ0) is 14.0. The van der Waals surface area contributed by atoms with Crippen LogP contribution in [0.2, 0.25) is 0 Å². The summed E-state index contributed by atoms with van der Waals surface area (Å²) in [4.78, 5) is 11.6. The van der Waals surface area contributed by atoms with Crippen molar-refractivity contribution < 1.29 is 23.1 Å². The van der Waals surface area contributed by atoms with E-state index in [-0.39, 0.29) is 30.5 Å². The molecule has 1 amide bonds. The van der Waals surface area contributed by atoms with Gasteiger partial charge in [0.1, 0.15) is 0 Å². The summed E-state index contributed by atoms with van der Waals surface area (Å²) in [6.45, 7) is -0.0504. The molecule has 2 N–H and O–H groups in total. The molecule has 2 atom stereocenters. The average molecular weight is 273 g/mol. The second-order valence-electron chi connectivity index (χ2n) is 4.55. The summed E-state index contributed by atoms with van der Waals surface area (Å²) < 4.78 is 38.5. The average Bonchev–Trinajstić information content (AvgIpc) is 3.15. The number of carbonyl (C=O) groups excluding carboxylic acids is 1. The van der Waals surface area contributed by atoms with Gasteiger partial charge < -0.3 is 10.4 Å². The zero-order valence-electron chi connectivity index (χ0n) is 10.1. The summed E-state index contributed by atoms with van der Waals surface area (Å²) in [5.41, 5.74) is -0.489. The van der Waals surface area contributed by atoms with E-state index in [0.29, 0.717) is 6.42 Å². The Morgan fingerprint density at radius 3 is 2.68 bits per heavy atom. The van der Waals surface area contributed by atoms with Crippen molar-refractivity contribution in [3.05, 3.63) is 35.4 Å². The van der Waals surface area contributed by atoms with E-state index in [9.17, 15) is 18.0 Å². The molecule has 0 saturated heterocycles. The number of halogens is 3. The van der Waals surface area contributed by atoms with Gasteiger partial charge in [0.25, 0.3) is 0 Å². The number of alkyl halides is 3. The summed E-state index contributed by atoms with van der Waals surface area (Å²) in [7, 11) is 0. The van der Waals surface area contributed by atoms with Crippen molar-refractivity contribution in [2.24, 2.45) is 5.92 Å². The van der Waals surface area contributed by atoms with Crippen LogP contribution in [0.15, 0.2) is 24.3 Å². The molecule has 0 spiro atoms. The van der Waals surface area contributed by atoms with Crippen LogP contribution in [0.25, 0.3) is 0 Å². The molecular formula is C13H14F3NO2. The molecule has 0 radical (unpaired) electrons. The molecule has 19 heavy (non-hydrogen) atoms. The molecule has 104 valence electrons. The Balaban J connectivity index is 2.11. The molecule has 1 aromatic carbocycles. The van der Waals surface area contributed by atoms with Gasteiger partial charge in [-0.05, 0) is 24.0 Å². The maximum atomic E-state index is 12.8. The van der Waals surface area contributed by atoms with Crippen LogP contribution in [0.1, 0.15) is 23.5 Å². The van der Waals surface area contributed by atoms with Crippen LogP contribution in [0.3, 0.4) is 0 Å². The van der Waals surface area contributed by atoms with Crippen LogP contribution in [0.5, 0.6) is 0 Å². The number of carbonyl (C=O) groups is 1. The van der Waals surface area contributed by atoms with Gasteiger partial charge in [-0.25, -0.2) is 0 Å². The Labute approximate surface area is 108 Å². The van der Waals surface area contributed by atoms with Gasteiger partial charge in [0.2, 0.25) is 5.91 Å². The first-order chi connectivity index (χ1) is 8.95. The first-order valence-electron chi connectivity index (χ1n) is 6.00. The first kappa shape index (κ1) is 13.9. The second kappa shape index (κ2) is 5.21. The molecule has 2 unspecified atom stereocenters. The Morgan fingerprint density at radius 2 is 2.05 bits per heavy atom. The van der Waals surface area contributed by atoms with Gasteiger partial charge in [0.05, 0.1) is 12.2 Å². The van der Waals surface area contributed by atoms with Gasteiger partial charge in [-0.15, -0.1) is 0 Å². The molecular weight excluding hydrogens is 259 g/mol. The summed E-state index contributed by atoms with van der Waals surface area (Å²) in [5.74, 6) is -1.09. The molecule has 1 aliphatic carbocycles. The third-order valence-corrected chi connectivity index (χ3v) is 3.20. The number of nitrogens with one attached hydrogen (secondary N) is 1. The standard InChI is InChI=1S/C13H14F3NO2/c14-13(15,16)11-4-2-1-3-8(11)9-7-10(9)12(19)17-5-6-18/h1-4,9-10,18H,5-7H2,(H,17,19). The number of rotatable bonds is 4. The monoisotopic (exact) mass is 273 g/mol. The van der Waals surface area contributed by atoms with Gasteiger partial charge >= 0.3 is 6.18 Å². The van der Waals surface area contributed by atoms with Crippen molar-refractivity contribution >= 4 is 5.91 Å². The lowest BCUT2D eigenvalue weighted by Crippen LogP contribution is -2.28. The largest absolute Gasteiger partial charge is 0.416 e. The van der Waals surface area contributed by atoms with Crippen molar-refractivity contribution in [2.45, 2.75) is 18.5 Å². The van der Waals surface area contributed by atoms with Crippen LogP contribution < -0.4 is 5.32 Å². The lowest BCUT2D eigenvalue weighted by atomic mass is 10.0. The molecule has 3 nitrogen and oxygen atoms in total. The van der Waals surface area contributed by atoms with Gasteiger partial charge in [-0.2, -0.15) is 13.2 Å². The summed E-state index contributed by atoms with van der Waals surface area (Å²) in [6, 6.07) is 5.35. The lowest BCUT2D eigenvalue weighted by Gasteiger charge is -2.12. The highest BCUT2D eigenvalue weighted by atomic mass is 19.4. The number of hydrogen-bond donors (Lipinski definition) is 2. The fraction of sp³-hybridized carbons (Fsp3) is 0.462. The molecule has 1 saturated carbocycles. The van der Waals surface area contributed by atoms with Crippen LogP contribution >= 0.6 is 0 Å². The highest BCUT2D eigenvalue weighted by Gasteiger charge is 2.47. The predicted molar refractivity (Wildman–Crippen MR) is 62.4 cm³/mol. The molecule has 0 aliphatic heterocycles. The third kappa shape index (κ3) is 3.07. The second-order valence-corrected chi connectivity index (χ2v) is 4.55. The fourth-order valence-corrected chi connectivity index (χ4v) is 2.22. The minimum atomic E-state index is -4.40. The van der Waals surface area contributed by atoms with E-state index in [4.69, 9.17) is 5.11 Å². The first-order valence-corrected chi connectivity index (χ1v) is 6.00. The zero-order valence-corrected chi connectivity index (χ0v) is 10.1. The van der Waals surface area contributed by atoms with Gasteiger partial charge in [-0.3, -0.25) is 4.79 Å². The summed E-state index contributed by atoms with van der Waals surface area (Å²) in [5, 5.41) is 11.1. The maximum Gasteiger partial charge on any atom is 0.416 e. The Morgan fingerprint density at radius 1 is 1.37 bits per heavy atom. The van der Waals surface area contributed by atoms with E-state index in [1.54, 1.807) is 6.07 Å². The van der Waals surface area contributed by atoms with Crippen molar-refractivity contribution in [3.63, 3.8) is 0 Å². The molecule has 2 rings (SSSR count). The minimum absolute atomic E-state index is 0.128. The smallest absolute Gasteiger partial charge is 0.395 e. The van der Waals surface area contributed by atoms with Crippen molar-refractivity contribution in [1.29, 1.82) is 0 Å². The minimum Gasteiger partial charge on any atom is -0.395 e. The number of amides is 1. The van der Waals surface area contributed by atoms with Crippen LogP contribution in [0, 0.1) is 5.92 Å². The van der Waals surface area contributed by atoms with Gasteiger partial charge in [0.15, 0.2) is 0 Å². The molecule has 0 bridgehead atoms. The molecule has 0 heterocycles. The number of aliphatic hydroxyl groups excluding tert-OH is 1. The normalized spacial score (nSPS) is 22.1. The van der Waals surface area contributed by atoms with E-state index in [0.717, 1.165) is 6.07 Å². The SMILES string of the molecule is O=C(NCCO)C1CC1c1ccccc1C(F)(F)F. The van der Waals surface area contributed by atoms with Crippen LogP contribution in [0.4, 0.5) is 13.2 Å². The lowest BCUT2D eigenvalue weighted by molar-refractivity contribution is -0.138. The number of hydrogen-bond acceptors (Lipinski definition) is 2. The highest BCUT2D eigenvalue weighted by Crippen LogP contribution is 2.50. The predicted octanol–water partition coefficient (Wildman–Crippen LogP) is 1.92. The Bertz CT molecular complexity index is 473. The van der Waals surface area contributed by atoms with E-state index in [1.807, 2.05) is 0 Å². The number of benzene rings is 1. The molecule has 1 aliphatic rings. The molecule has 0 aromatic heterocycles. The Hall–Kier alpha value is -1.56. The molecule has 6 heteroatoms. The maximum absolute atomic E-state index is 12.8. The third-order valence-electron chi connectivity index (χ3n) is 3.20. The van der Waals surface area contributed by atoms with E-state index in [1.165, 1.54) is 12.1 Å². The van der Waals surface area contributed by atoms with Gasteiger partial charge in [-0.1, -0.05) is 18.2 Å². The van der Waals surface area contributed by atoms with E-state index < -0.39 is 17.7 Å². The van der Waals surface area contributed by atoms with Gasteiger partial charge in [0, 0.05) is 12.5 Å². The fourth-order valence-electron chi connectivity index (χ4n) is 2.22. The summed E-state index contributed by atoms with van der Waals surface area (Å²) >= 11 is 0. The quantitative estimate of drug-likeness (QED) is 0.880. The van der Waals surface area contributed by atoms with E-state index >= 15 is 0 Å². The highest BCUT2D eigenvalue weighted by molar-refractivity contribution is 5.83.